The Bertz CT molecular complexity index is 743. The highest BCUT2D eigenvalue weighted by Crippen LogP contribution is 2.38. The molecular weight excluding hydrogens is 322 g/mol. The van der Waals surface area contributed by atoms with Gasteiger partial charge in [0, 0.05) is 56.1 Å². The van der Waals surface area contributed by atoms with E-state index < -0.39 is 0 Å². The topological polar surface area (TPSA) is 45.2 Å². The second-order valence-electron chi connectivity index (χ2n) is 7.78. The fourth-order valence-electron chi connectivity index (χ4n) is 3.85. The molecule has 0 spiro atoms. The number of rotatable bonds is 6. The van der Waals surface area contributed by atoms with E-state index >= 15 is 0 Å². The van der Waals surface area contributed by atoms with Gasteiger partial charge >= 0.3 is 0 Å². The van der Waals surface area contributed by atoms with Crippen molar-refractivity contribution in [1.29, 1.82) is 0 Å². The van der Waals surface area contributed by atoms with Gasteiger partial charge in [0.25, 0.3) is 0 Å². The number of likely N-dealkylation sites (N-methyl/N-ethyl adjacent to an activating group) is 1. The quantitative estimate of drug-likeness (QED) is 0.800. The lowest BCUT2D eigenvalue weighted by Gasteiger charge is -2.38. The first-order valence-corrected chi connectivity index (χ1v) is 9.90. The van der Waals surface area contributed by atoms with E-state index in [-0.39, 0.29) is 0 Å². The molecule has 0 N–H and O–H groups in total. The van der Waals surface area contributed by atoms with Gasteiger partial charge in [0.15, 0.2) is 0 Å². The molecule has 2 aromatic rings. The van der Waals surface area contributed by atoms with Gasteiger partial charge < -0.3 is 9.80 Å². The molecule has 1 aliphatic carbocycles. The maximum Gasteiger partial charge on any atom is 0.133 e. The summed E-state index contributed by atoms with van der Waals surface area (Å²) >= 11 is 0. The second-order valence-corrected chi connectivity index (χ2v) is 7.78. The highest BCUT2D eigenvalue weighted by atomic mass is 15.3. The molecule has 5 nitrogen and oxygen atoms in total. The molecule has 1 aliphatic heterocycles. The number of hydrogen-bond acceptors (Lipinski definition) is 5. The van der Waals surface area contributed by atoms with Crippen molar-refractivity contribution in [3.05, 3.63) is 47.7 Å². The first kappa shape index (κ1) is 17.4. The molecule has 1 unspecified atom stereocenters. The normalized spacial score (nSPS) is 20.9. The molecular formula is C21H29N5. The minimum atomic E-state index is 0.524. The summed E-state index contributed by atoms with van der Waals surface area (Å²) < 4.78 is 0. The van der Waals surface area contributed by atoms with Crippen LogP contribution in [0.25, 0.3) is 0 Å². The average Bonchev–Trinajstić information content (AvgIpc) is 3.52. The summed E-state index contributed by atoms with van der Waals surface area (Å²) in [5.41, 5.74) is 2.30. The number of anilines is 1. The minimum absolute atomic E-state index is 0.524. The number of piperidine rings is 1. The lowest BCUT2D eigenvalue weighted by Crippen LogP contribution is -2.47. The molecule has 2 aromatic heterocycles. The standard InChI is InChI=1S/C21H29N5/c1-16-5-3-6-18(23-16)11-14-26-13-4-7-19(15-26)25(2)20-10-12-22-21(24-20)17-8-9-17/h3,5-6,10,12,17,19H,4,7-9,11,13-15H2,1-2H3. The van der Waals surface area contributed by atoms with E-state index in [2.05, 4.69) is 58.0 Å². The molecule has 0 radical (unpaired) electrons. The Hall–Kier alpha value is -2.01. The smallest absolute Gasteiger partial charge is 0.133 e. The van der Waals surface area contributed by atoms with Crippen LogP contribution in [0.3, 0.4) is 0 Å². The number of pyridine rings is 1. The van der Waals surface area contributed by atoms with E-state index in [0.29, 0.717) is 12.0 Å². The molecule has 3 heterocycles. The SMILES string of the molecule is Cc1cccc(CCN2CCCC(N(C)c3ccnc(C4CC4)n3)C2)n1. The highest BCUT2D eigenvalue weighted by molar-refractivity contribution is 5.38. The van der Waals surface area contributed by atoms with E-state index in [9.17, 15) is 0 Å². The number of likely N-dealkylation sites (tertiary alicyclic amines) is 1. The molecule has 0 bridgehead atoms. The third-order valence-corrected chi connectivity index (χ3v) is 5.62. The Morgan fingerprint density at radius 1 is 1.15 bits per heavy atom. The molecule has 1 atom stereocenters. The van der Waals surface area contributed by atoms with Crippen LogP contribution in [-0.4, -0.2) is 52.6 Å². The highest BCUT2D eigenvalue weighted by Gasteiger charge is 2.28. The predicted molar refractivity (Wildman–Crippen MR) is 105 cm³/mol. The maximum atomic E-state index is 4.82. The minimum Gasteiger partial charge on any atom is -0.355 e. The summed E-state index contributed by atoms with van der Waals surface area (Å²) in [6, 6.07) is 8.89. The van der Waals surface area contributed by atoms with Crippen LogP contribution in [0.4, 0.5) is 5.82 Å². The first-order valence-electron chi connectivity index (χ1n) is 9.90. The van der Waals surface area contributed by atoms with Crippen LogP contribution < -0.4 is 4.90 Å². The van der Waals surface area contributed by atoms with E-state index in [1.807, 2.05) is 6.20 Å². The number of hydrogen-bond donors (Lipinski definition) is 0. The summed E-state index contributed by atoms with van der Waals surface area (Å²) in [5, 5.41) is 0. The Kier molecular flexibility index (Phi) is 5.16. The van der Waals surface area contributed by atoms with Gasteiger partial charge in [-0.25, -0.2) is 9.97 Å². The van der Waals surface area contributed by atoms with E-state index in [1.54, 1.807) is 0 Å². The average molecular weight is 351 g/mol. The van der Waals surface area contributed by atoms with Crippen molar-refractivity contribution in [3.8, 4) is 0 Å². The molecule has 4 rings (SSSR count). The Morgan fingerprint density at radius 2 is 2.04 bits per heavy atom. The van der Waals surface area contributed by atoms with Crippen LogP contribution in [0.2, 0.25) is 0 Å². The zero-order chi connectivity index (χ0) is 17.9. The van der Waals surface area contributed by atoms with Crippen molar-refractivity contribution < 1.29 is 0 Å². The van der Waals surface area contributed by atoms with E-state index in [4.69, 9.17) is 4.98 Å². The number of aromatic nitrogens is 3. The van der Waals surface area contributed by atoms with Crippen LogP contribution in [-0.2, 0) is 6.42 Å². The predicted octanol–water partition coefficient (Wildman–Crippen LogP) is 3.20. The van der Waals surface area contributed by atoms with E-state index in [0.717, 1.165) is 36.8 Å². The van der Waals surface area contributed by atoms with Crippen LogP contribution >= 0.6 is 0 Å². The van der Waals surface area contributed by atoms with Crippen molar-refractivity contribution >= 4 is 5.82 Å². The molecule has 5 heteroatoms. The van der Waals surface area contributed by atoms with Gasteiger partial charge in [0.2, 0.25) is 0 Å². The summed E-state index contributed by atoms with van der Waals surface area (Å²) in [5.74, 6) is 2.72. The zero-order valence-electron chi connectivity index (χ0n) is 15.9. The van der Waals surface area contributed by atoms with Gasteiger partial charge in [0.1, 0.15) is 11.6 Å². The van der Waals surface area contributed by atoms with Gasteiger partial charge in [-0.1, -0.05) is 6.07 Å². The first-order chi connectivity index (χ1) is 12.7. The zero-order valence-corrected chi connectivity index (χ0v) is 15.9. The van der Waals surface area contributed by atoms with Crippen molar-refractivity contribution in [2.45, 2.75) is 51.0 Å². The molecule has 0 amide bonds. The molecule has 2 fully saturated rings. The fraction of sp³-hybridized carbons (Fsp3) is 0.571. The lowest BCUT2D eigenvalue weighted by molar-refractivity contribution is 0.207. The van der Waals surface area contributed by atoms with Crippen LogP contribution in [0, 0.1) is 6.92 Å². The van der Waals surface area contributed by atoms with Crippen molar-refractivity contribution in [2.24, 2.45) is 0 Å². The number of nitrogens with zero attached hydrogens (tertiary/aromatic N) is 5. The molecule has 26 heavy (non-hydrogen) atoms. The van der Waals surface area contributed by atoms with Crippen LogP contribution in [0.1, 0.15) is 48.8 Å². The van der Waals surface area contributed by atoms with Crippen LogP contribution in [0.5, 0.6) is 0 Å². The molecule has 1 saturated carbocycles. The van der Waals surface area contributed by atoms with Gasteiger partial charge in [-0.3, -0.25) is 4.98 Å². The molecule has 138 valence electrons. The summed E-state index contributed by atoms with van der Waals surface area (Å²) in [4.78, 5) is 18.9. The summed E-state index contributed by atoms with van der Waals surface area (Å²) in [6.07, 6.45) is 7.93. The van der Waals surface area contributed by atoms with Gasteiger partial charge in [-0.2, -0.15) is 0 Å². The Morgan fingerprint density at radius 3 is 2.85 bits per heavy atom. The summed E-state index contributed by atoms with van der Waals surface area (Å²) in [6.45, 7) is 5.43. The van der Waals surface area contributed by atoms with Gasteiger partial charge in [0.05, 0.1) is 0 Å². The van der Waals surface area contributed by atoms with Crippen molar-refractivity contribution in [1.82, 2.24) is 19.9 Å². The monoisotopic (exact) mass is 351 g/mol. The largest absolute Gasteiger partial charge is 0.355 e. The third kappa shape index (κ3) is 4.21. The lowest BCUT2D eigenvalue weighted by atomic mass is 10.0. The van der Waals surface area contributed by atoms with Gasteiger partial charge in [-0.15, -0.1) is 0 Å². The fourth-order valence-corrected chi connectivity index (χ4v) is 3.85. The van der Waals surface area contributed by atoms with E-state index in [1.165, 1.54) is 37.9 Å². The van der Waals surface area contributed by atoms with Crippen LogP contribution in [0.15, 0.2) is 30.5 Å². The second kappa shape index (κ2) is 7.70. The summed E-state index contributed by atoms with van der Waals surface area (Å²) in [7, 11) is 2.19. The number of aryl methyl sites for hydroxylation is 1. The Labute approximate surface area is 156 Å². The molecule has 1 saturated heterocycles. The van der Waals surface area contributed by atoms with Crippen molar-refractivity contribution in [2.75, 3.05) is 31.6 Å². The molecule has 2 aliphatic rings. The van der Waals surface area contributed by atoms with Gasteiger partial charge in [-0.05, 0) is 57.4 Å². The van der Waals surface area contributed by atoms with Crippen molar-refractivity contribution in [3.63, 3.8) is 0 Å². The Balaban J connectivity index is 1.36. The maximum absolute atomic E-state index is 4.82. The molecule has 0 aromatic carbocycles. The third-order valence-electron chi connectivity index (χ3n) is 5.62.